The first-order chi connectivity index (χ1) is 10.7. The average molecular weight is 294 g/mol. The van der Waals surface area contributed by atoms with E-state index in [1.165, 1.54) is 37.9 Å². The molecule has 116 valence electrons. The largest absolute Gasteiger partial charge is 0.370 e. The minimum atomic E-state index is 0.365. The zero-order chi connectivity index (χ0) is 14.9. The molecule has 5 rings (SSSR count). The summed E-state index contributed by atoms with van der Waals surface area (Å²) in [6.07, 6.45) is 10.4. The Bertz CT molecular complexity index is 651. The smallest absolute Gasteiger partial charge is 0.0406 e. The fourth-order valence-electron chi connectivity index (χ4n) is 6.57. The van der Waals surface area contributed by atoms with Crippen molar-refractivity contribution in [3.05, 3.63) is 42.0 Å². The molecule has 1 aromatic rings. The molecule has 22 heavy (non-hydrogen) atoms. The predicted octanol–water partition coefficient (Wildman–Crippen LogP) is 3.58. The molecule has 0 N–H and O–H groups in total. The van der Waals surface area contributed by atoms with Gasteiger partial charge in [-0.3, -0.25) is 4.90 Å². The summed E-state index contributed by atoms with van der Waals surface area (Å²) in [5.74, 6) is 0. The summed E-state index contributed by atoms with van der Waals surface area (Å²) in [6.45, 7) is 4.84. The first-order valence-electron chi connectivity index (χ1n) is 8.97. The number of nitrogens with zero attached hydrogens (tertiary/aromatic N) is 2. The molecule has 1 saturated heterocycles. The van der Waals surface area contributed by atoms with E-state index >= 15 is 0 Å². The molecule has 2 fully saturated rings. The third-order valence-corrected chi connectivity index (χ3v) is 7.39. The van der Waals surface area contributed by atoms with Crippen molar-refractivity contribution in [2.24, 2.45) is 5.41 Å². The highest BCUT2D eigenvalue weighted by Gasteiger charge is 2.66. The average Bonchev–Trinajstić information content (AvgIpc) is 3.08. The van der Waals surface area contributed by atoms with Gasteiger partial charge in [0.15, 0.2) is 0 Å². The highest BCUT2D eigenvalue weighted by atomic mass is 15.3. The Morgan fingerprint density at radius 3 is 2.95 bits per heavy atom. The molecule has 4 atom stereocenters. The lowest BCUT2D eigenvalue weighted by molar-refractivity contribution is 0.0322. The molecular weight excluding hydrogens is 268 g/mol. The van der Waals surface area contributed by atoms with Crippen molar-refractivity contribution < 1.29 is 0 Å². The van der Waals surface area contributed by atoms with Gasteiger partial charge in [0.25, 0.3) is 0 Å². The van der Waals surface area contributed by atoms with E-state index in [1.54, 1.807) is 5.56 Å². The normalized spacial score (nSPS) is 42.2. The van der Waals surface area contributed by atoms with Gasteiger partial charge >= 0.3 is 0 Å². The van der Waals surface area contributed by atoms with Crippen LogP contribution in [0.15, 0.2) is 36.4 Å². The maximum absolute atomic E-state index is 2.80. The van der Waals surface area contributed by atoms with Crippen molar-refractivity contribution in [2.75, 3.05) is 25.0 Å². The summed E-state index contributed by atoms with van der Waals surface area (Å²) in [5.41, 5.74) is 3.91. The van der Waals surface area contributed by atoms with E-state index < -0.39 is 0 Å². The van der Waals surface area contributed by atoms with Crippen molar-refractivity contribution >= 4 is 5.69 Å². The first kappa shape index (κ1) is 13.2. The molecule has 0 aromatic heterocycles. The van der Waals surface area contributed by atoms with Crippen LogP contribution in [0.5, 0.6) is 0 Å². The third kappa shape index (κ3) is 1.28. The van der Waals surface area contributed by atoms with Crippen LogP contribution < -0.4 is 4.90 Å². The van der Waals surface area contributed by atoms with Gasteiger partial charge in [-0.25, -0.2) is 0 Å². The number of hydrogen-bond donors (Lipinski definition) is 0. The molecule has 0 radical (unpaired) electrons. The number of benzene rings is 1. The monoisotopic (exact) mass is 294 g/mol. The molecule has 1 aliphatic carbocycles. The first-order valence-corrected chi connectivity index (χ1v) is 8.97. The second kappa shape index (κ2) is 4.17. The van der Waals surface area contributed by atoms with Crippen LogP contribution in [0, 0.1) is 5.41 Å². The van der Waals surface area contributed by atoms with Gasteiger partial charge in [0, 0.05) is 42.2 Å². The lowest BCUT2D eigenvalue weighted by Gasteiger charge is -2.56. The Kier molecular flexibility index (Phi) is 2.50. The molecule has 4 aliphatic rings. The van der Waals surface area contributed by atoms with Crippen LogP contribution in [-0.2, 0) is 5.41 Å². The van der Waals surface area contributed by atoms with Crippen molar-refractivity contribution in [1.82, 2.24) is 4.90 Å². The lowest BCUT2D eigenvalue weighted by atomic mass is 9.53. The van der Waals surface area contributed by atoms with E-state index in [0.29, 0.717) is 22.9 Å². The minimum absolute atomic E-state index is 0.365. The lowest BCUT2D eigenvalue weighted by Crippen LogP contribution is -2.63. The van der Waals surface area contributed by atoms with E-state index in [-0.39, 0.29) is 0 Å². The van der Waals surface area contributed by atoms with E-state index in [2.05, 4.69) is 60.2 Å². The molecule has 3 aliphatic heterocycles. The third-order valence-electron chi connectivity index (χ3n) is 7.39. The van der Waals surface area contributed by atoms with Crippen LogP contribution >= 0.6 is 0 Å². The van der Waals surface area contributed by atoms with Crippen molar-refractivity contribution in [2.45, 2.75) is 50.1 Å². The topological polar surface area (TPSA) is 6.48 Å². The van der Waals surface area contributed by atoms with E-state index in [9.17, 15) is 0 Å². The predicted molar refractivity (Wildman–Crippen MR) is 91.4 cm³/mol. The van der Waals surface area contributed by atoms with Gasteiger partial charge in [-0.15, -0.1) is 0 Å². The van der Waals surface area contributed by atoms with Gasteiger partial charge in [0.05, 0.1) is 0 Å². The zero-order valence-electron chi connectivity index (χ0n) is 13.8. The summed E-state index contributed by atoms with van der Waals surface area (Å²) in [4.78, 5) is 5.41. The highest BCUT2D eigenvalue weighted by molar-refractivity contribution is 5.66. The number of fused-ring (bicyclic) bond motifs is 1. The summed E-state index contributed by atoms with van der Waals surface area (Å²) in [6, 6.07) is 10.7. The quantitative estimate of drug-likeness (QED) is 0.731. The van der Waals surface area contributed by atoms with E-state index in [4.69, 9.17) is 0 Å². The number of rotatable bonds is 1. The minimum Gasteiger partial charge on any atom is -0.370 e. The van der Waals surface area contributed by atoms with Crippen molar-refractivity contribution in [1.29, 1.82) is 0 Å². The van der Waals surface area contributed by atoms with Crippen LogP contribution in [0.1, 0.15) is 38.2 Å². The van der Waals surface area contributed by atoms with Crippen LogP contribution in [0.3, 0.4) is 0 Å². The van der Waals surface area contributed by atoms with E-state index in [1.807, 2.05) is 0 Å². The fraction of sp³-hybridized carbons (Fsp3) is 0.600. The maximum Gasteiger partial charge on any atom is 0.0406 e. The molecule has 1 aromatic carbocycles. The Balaban J connectivity index is 1.77. The summed E-state index contributed by atoms with van der Waals surface area (Å²) in [7, 11) is 2.33. The number of para-hydroxylation sites is 1. The van der Waals surface area contributed by atoms with Gasteiger partial charge in [0.1, 0.15) is 0 Å². The van der Waals surface area contributed by atoms with Crippen molar-refractivity contribution in [3.63, 3.8) is 0 Å². The van der Waals surface area contributed by atoms with Crippen LogP contribution in [-0.4, -0.2) is 37.1 Å². The standard InChI is InChI=1S/C20H26N2/c1-3-19-10-6-13-22-14-12-20(18(19)22)15-7-4-5-8-16(15)21(2)17(20)9-11-19/h4-8,10,17-18H,3,9,11-14H2,1-2H3/t17-,18+,19-,20-/m1/s1. The summed E-state index contributed by atoms with van der Waals surface area (Å²) < 4.78 is 0. The van der Waals surface area contributed by atoms with Crippen molar-refractivity contribution in [3.8, 4) is 0 Å². The van der Waals surface area contributed by atoms with Gasteiger partial charge in [-0.05, 0) is 43.9 Å². The number of hydrogen-bond acceptors (Lipinski definition) is 2. The molecular formula is C20H26N2. The fourth-order valence-corrected chi connectivity index (χ4v) is 6.57. The van der Waals surface area contributed by atoms with Gasteiger partial charge in [0.2, 0.25) is 0 Å². The SMILES string of the molecule is CC[C@@]12C=CCN3CC[C@]4(c5ccccc5N(C)[C@@H]4CC1)[C@@H]32. The molecule has 3 heterocycles. The molecule has 2 nitrogen and oxygen atoms in total. The Hall–Kier alpha value is -1.28. The highest BCUT2D eigenvalue weighted by Crippen LogP contribution is 2.63. The molecule has 0 bridgehead atoms. The van der Waals surface area contributed by atoms with Gasteiger partial charge in [-0.2, -0.15) is 0 Å². The number of anilines is 1. The number of likely N-dealkylation sites (N-methyl/N-ethyl adjacent to an activating group) is 1. The Morgan fingerprint density at radius 1 is 1.23 bits per heavy atom. The molecule has 1 saturated carbocycles. The summed E-state index contributed by atoms with van der Waals surface area (Å²) in [5, 5.41) is 0. The van der Waals surface area contributed by atoms with Crippen LogP contribution in [0.25, 0.3) is 0 Å². The van der Waals surface area contributed by atoms with Crippen LogP contribution in [0.4, 0.5) is 5.69 Å². The molecule has 1 spiro atoms. The zero-order valence-corrected chi connectivity index (χ0v) is 13.8. The summed E-state index contributed by atoms with van der Waals surface area (Å²) >= 11 is 0. The van der Waals surface area contributed by atoms with Gasteiger partial charge < -0.3 is 4.90 Å². The molecule has 0 amide bonds. The Morgan fingerprint density at radius 2 is 2.09 bits per heavy atom. The second-order valence-corrected chi connectivity index (χ2v) is 7.86. The molecule has 2 heteroatoms. The maximum atomic E-state index is 2.80. The molecule has 0 unspecified atom stereocenters. The second-order valence-electron chi connectivity index (χ2n) is 7.86. The Labute approximate surface area is 133 Å². The van der Waals surface area contributed by atoms with Gasteiger partial charge in [-0.1, -0.05) is 37.3 Å². The van der Waals surface area contributed by atoms with E-state index in [0.717, 1.165) is 6.54 Å². The van der Waals surface area contributed by atoms with Crippen LogP contribution in [0.2, 0.25) is 0 Å².